The number of hydrogen-bond acceptors (Lipinski definition) is 4. The molecule has 0 bridgehead atoms. The molecule has 0 aliphatic carbocycles. The Morgan fingerprint density at radius 2 is 1.92 bits per heavy atom. The van der Waals surface area contributed by atoms with Crippen molar-refractivity contribution in [1.29, 1.82) is 0 Å². The second-order valence-corrected chi connectivity index (χ2v) is 6.83. The molecule has 1 aliphatic heterocycles. The smallest absolute Gasteiger partial charge is 0.191 e. The number of nitrogens with zero attached hydrogens (tertiary/aromatic N) is 2. The molecule has 156 valence electrons. The summed E-state index contributed by atoms with van der Waals surface area (Å²) in [5.41, 5.74) is 0. The first-order valence-electron chi connectivity index (χ1n) is 10.1. The number of guanidine groups is 1. The molecule has 0 aromatic rings. The zero-order valence-electron chi connectivity index (χ0n) is 17.1. The highest BCUT2D eigenvalue weighted by Crippen LogP contribution is 2.14. The van der Waals surface area contributed by atoms with Crippen LogP contribution in [-0.2, 0) is 9.47 Å². The minimum Gasteiger partial charge on any atom is -0.381 e. The average molecular weight is 484 g/mol. The molecular weight excluding hydrogens is 443 g/mol. The fourth-order valence-electron chi connectivity index (χ4n) is 2.77. The van der Waals surface area contributed by atoms with E-state index in [0.29, 0.717) is 5.92 Å². The number of aliphatic imine (C=N–C) groups is 1. The molecule has 2 N–H and O–H groups in total. The first-order valence-corrected chi connectivity index (χ1v) is 10.1. The third kappa shape index (κ3) is 14.0. The van der Waals surface area contributed by atoms with E-state index in [-0.39, 0.29) is 24.0 Å². The van der Waals surface area contributed by atoms with Gasteiger partial charge in [-0.25, -0.2) is 0 Å². The van der Waals surface area contributed by atoms with Crippen LogP contribution in [-0.4, -0.2) is 77.1 Å². The summed E-state index contributed by atoms with van der Waals surface area (Å²) in [5, 5.41) is 6.72. The van der Waals surface area contributed by atoms with Crippen LogP contribution in [0.1, 0.15) is 46.0 Å². The highest BCUT2D eigenvalue weighted by atomic mass is 127. The number of nitrogens with one attached hydrogen (secondary N) is 2. The van der Waals surface area contributed by atoms with E-state index in [2.05, 4.69) is 41.4 Å². The molecular formula is C19H41IN4O2. The van der Waals surface area contributed by atoms with Gasteiger partial charge in [0.1, 0.15) is 0 Å². The summed E-state index contributed by atoms with van der Waals surface area (Å²) in [6, 6.07) is 0. The molecule has 6 nitrogen and oxygen atoms in total. The number of hydrogen-bond donors (Lipinski definition) is 2. The first-order chi connectivity index (χ1) is 12.3. The Balaban J connectivity index is 0.00000625. The van der Waals surface area contributed by atoms with Crippen molar-refractivity contribution in [3.05, 3.63) is 0 Å². The van der Waals surface area contributed by atoms with E-state index in [1.165, 1.54) is 12.8 Å². The molecule has 1 saturated heterocycles. The molecule has 7 heteroatoms. The van der Waals surface area contributed by atoms with Gasteiger partial charge >= 0.3 is 0 Å². The van der Waals surface area contributed by atoms with Gasteiger partial charge in [-0.05, 0) is 52.1 Å². The van der Waals surface area contributed by atoms with Gasteiger partial charge in [0.05, 0.1) is 0 Å². The standard InChI is InChI=1S/C19H40N4O2.HI/c1-4-6-12-23(3)13-11-22-19(20-5-2)21-10-7-14-25-17-18-8-15-24-16-9-18;/h18H,4-17H2,1-3H3,(H2,20,21,22);1H. The minimum atomic E-state index is 0. The third-order valence-corrected chi connectivity index (χ3v) is 4.43. The average Bonchev–Trinajstić information content (AvgIpc) is 2.63. The Kier molecular flexibility index (Phi) is 18.2. The third-order valence-electron chi connectivity index (χ3n) is 4.43. The Hall–Kier alpha value is -0.120. The number of likely N-dealkylation sites (N-methyl/N-ethyl adjacent to an activating group) is 1. The largest absolute Gasteiger partial charge is 0.381 e. The van der Waals surface area contributed by atoms with E-state index in [1.807, 2.05) is 0 Å². The van der Waals surface area contributed by atoms with Crippen molar-refractivity contribution >= 4 is 29.9 Å². The van der Waals surface area contributed by atoms with Gasteiger partial charge in [-0.15, -0.1) is 24.0 Å². The molecule has 26 heavy (non-hydrogen) atoms. The second-order valence-electron chi connectivity index (χ2n) is 6.83. The summed E-state index contributed by atoms with van der Waals surface area (Å²) in [7, 11) is 2.18. The molecule has 1 heterocycles. The molecule has 0 aromatic heterocycles. The first kappa shape index (κ1) is 25.9. The molecule has 0 saturated carbocycles. The van der Waals surface area contributed by atoms with Crippen LogP contribution in [0.3, 0.4) is 0 Å². The van der Waals surface area contributed by atoms with Crippen LogP contribution < -0.4 is 10.6 Å². The van der Waals surface area contributed by atoms with Crippen LogP contribution in [0.4, 0.5) is 0 Å². The van der Waals surface area contributed by atoms with E-state index in [0.717, 1.165) is 84.4 Å². The lowest BCUT2D eigenvalue weighted by atomic mass is 10.0. The van der Waals surface area contributed by atoms with Crippen molar-refractivity contribution < 1.29 is 9.47 Å². The zero-order chi connectivity index (χ0) is 18.2. The highest BCUT2D eigenvalue weighted by molar-refractivity contribution is 14.0. The van der Waals surface area contributed by atoms with Gasteiger partial charge in [-0.2, -0.15) is 0 Å². The van der Waals surface area contributed by atoms with E-state index < -0.39 is 0 Å². The van der Waals surface area contributed by atoms with Crippen molar-refractivity contribution in [2.24, 2.45) is 10.9 Å². The number of ether oxygens (including phenoxy) is 2. The van der Waals surface area contributed by atoms with Crippen LogP contribution in [0.5, 0.6) is 0 Å². The topological polar surface area (TPSA) is 58.1 Å². The quantitative estimate of drug-likeness (QED) is 0.182. The lowest BCUT2D eigenvalue weighted by Crippen LogP contribution is -2.41. The maximum Gasteiger partial charge on any atom is 0.191 e. The number of rotatable bonds is 13. The molecule has 0 spiro atoms. The van der Waals surface area contributed by atoms with Gasteiger partial charge in [0.25, 0.3) is 0 Å². The van der Waals surface area contributed by atoms with Crippen molar-refractivity contribution in [2.45, 2.75) is 46.0 Å². The van der Waals surface area contributed by atoms with Crippen molar-refractivity contribution in [3.8, 4) is 0 Å². The Morgan fingerprint density at radius 3 is 2.62 bits per heavy atom. The second kappa shape index (κ2) is 18.3. The van der Waals surface area contributed by atoms with Gasteiger partial charge < -0.3 is 25.0 Å². The molecule has 0 unspecified atom stereocenters. The SMILES string of the molecule is CCCCN(C)CCNC(=NCCCOCC1CCOCC1)NCC.I. The predicted octanol–water partition coefficient (Wildman–Crippen LogP) is 2.72. The van der Waals surface area contributed by atoms with E-state index in [1.54, 1.807) is 0 Å². The summed E-state index contributed by atoms with van der Waals surface area (Å²) in [4.78, 5) is 7.00. The lowest BCUT2D eigenvalue weighted by Gasteiger charge is -2.21. The van der Waals surface area contributed by atoms with Gasteiger partial charge in [-0.3, -0.25) is 4.99 Å². The van der Waals surface area contributed by atoms with Crippen molar-refractivity contribution in [1.82, 2.24) is 15.5 Å². The van der Waals surface area contributed by atoms with Crippen LogP contribution >= 0.6 is 24.0 Å². The van der Waals surface area contributed by atoms with Gasteiger partial charge in [-0.1, -0.05) is 13.3 Å². The summed E-state index contributed by atoms with van der Waals surface area (Å²) >= 11 is 0. The molecule has 0 radical (unpaired) electrons. The monoisotopic (exact) mass is 484 g/mol. The molecule has 0 aromatic carbocycles. The summed E-state index contributed by atoms with van der Waals surface area (Å²) < 4.78 is 11.2. The summed E-state index contributed by atoms with van der Waals surface area (Å²) in [5.74, 6) is 1.59. The fourth-order valence-corrected chi connectivity index (χ4v) is 2.77. The van der Waals surface area contributed by atoms with Gasteiger partial charge in [0.15, 0.2) is 5.96 Å². The van der Waals surface area contributed by atoms with E-state index in [4.69, 9.17) is 9.47 Å². The summed E-state index contributed by atoms with van der Waals surface area (Å²) in [6.45, 7) is 12.6. The molecule has 0 amide bonds. The van der Waals surface area contributed by atoms with Crippen LogP contribution in [0.15, 0.2) is 4.99 Å². The molecule has 1 aliphatic rings. The maximum absolute atomic E-state index is 5.79. The van der Waals surface area contributed by atoms with Crippen LogP contribution in [0.2, 0.25) is 0 Å². The van der Waals surface area contributed by atoms with Gasteiger partial charge in [0, 0.05) is 52.6 Å². The Labute approximate surface area is 177 Å². The maximum atomic E-state index is 5.79. The minimum absolute atomic E-state index is 0. The Morgan fingerprint density at radius 1 is 1.15 bits per heavy atom. The van der Waals surface area contributed by atoms with Gasteiger partial charge in [0.2, 0.25) is 0 Å². The van der Waals surface area contributed by atoms with Crippen LogP contribution in [0.25, 0.3) is 0 Å². The van der Waals surface area contributed by atoms with Crippen molar-refractivity contribution in [3.63, 3.8) is 0 Å². The zero-order valence-corrected chi connectivity index (χ0v) is 19.4. The number of unbranched alkanes of at least 4 members (excludes halogenated alkanes) is 1. The molecule has 1 fully saturated rings. The Bertz CT molecular complexity index is 340. The lowest BCUT2D eigenvalue weighted by molar-refractivity contribution is 0.0205. The van der Waals surface area contributed by atoms with Crippen molar-refractivity contribution in [2.75, 3.05) is 66.2 Å². The molecule has 1 rings (SSSR count). The van der Waals surface area contributed by atoms with Crippen LogP contribution in [0, 0.1) is 5.92 Å². The fraction of sp³-hybridized carbons (Fsp3) is 0.947. The normalized spacial score (nSPS) is 15.8. The summed E-state index contributed by atoms with van der Waals surface area (Å²) in [6.07, 6.45) is 5.76. The predicted molar refractivity (Wildman–Crippen MR) is 121 cm³/mol. The highest BCUT2D eigenvalue weighted by Gasteiger charge is 2.13. The number of halogens is 1. The molecule has 0 atom stereocenters. The van der Waals surface area contributed by atoms with E-state index >= 15 is 0 Å². The van der Waals surface area contributed by atoms with E-state index in [9.17, 15) is 0 Å².